The molecule has 1 aromatic carbocycles. The molecule has 21 heavy (non-hydrogen) atoms. The van der Waals surface area contributed by atoms with Crippen LogP contribution < -0.4 is 5.73 Å². The second kappa shape index (κ2) is 5.68. The summed E-state index contributed by atoms with van der Waals surface area (Å²) in [6.45, 7) is 5.29. The van der Waals surface area contributed by atoms with Crippen molar-refractivity contribution in [1.29, 1.82) is 0 Å². The molecule has 1 aliphatic heterocycles. The van der Waals surface area contributed by atoms with Crippen LogP contribution in [0.5, 0.6) is 0 Å². The van der Waals surface area contributed by atoms with Gasteiger partial charge in [0.1, 0.15) is 0 Å². The fourth-order valence-corrected chi connectivity index (χ4v) is 3.60. The lowest BCUT2D eigenvalue weighted by atomic mass is 9.89. The maximum absolute atomic E-state index is 13.0. The van der Waals surface area contributed by atoms with E-state index in [9.17, 15) is 4.79 Å². The molecule has 1 heterocycles. The largest absolute Gasteiger partial charge is 0.398 e. The quantitative estimate of drug-likeness (QED) is 0.808. The van der Waals surface area contributed by atoms with Crippen molar-refractivity contribution in [2.24, 2.45) is 0 Å². The van der Waals surface area contributed by atoms with Gasteiger partial charge >= 0.3 is 0 Å². The summed E-state index contributed by atoms with van der Waals surface area (Å²) < 4.78 is 5.85. The average Bonchev–Trinajstić information content (AvgIpc) is 2.49. The lowest BCUT2D eigenvalue weighted by molar-refractivity contribution is -0.0753. The number of hydrogen-bond acceptors (Lipinski definition) is 3. The predicted octanol–water partition coefficient (Wildman–Crippen LogP) is 2.67. The van der Waals surface area contributed by atoms with Gasteiger partial charge in [-0.1, -0.05) is 18.9 Å². The average molecular weight is 288 g/mol. The standard InChI is InChI=1S/C17H24N2O2/c1-11-9-12(2)14(18)10-13(11)17(20)19-7-8-21-16-6-4-3-5-15(16)19/h9-10,15-16H,3-8,18H2,1-2H3. The monoisotopic (exact) mass is 288 g/mol. The van der Waals surface area contributed by atoms with Crippen molar-refractivity contribution in [1.82, 2.24) is 4.90 Å². The first-order chi connectivity index (χ1) is 10.1. The van der Waals surface area contributed by atoms with Crippen LogP contribution in [0.25, 0.3) is 0 Å². The molecular weight excluding hydrogens is 264 g/mol. The molecule has 1 aliphatic carbocycles. The topological polar surface area (TPSA) is 55.6 Å². The first-order valence-electron chi connectivity index (χ1n) is 7.87. The first kappa shape index (κ1) is 14.4. The molecule has 2 unspecified atom stereocenters. The summed E-state index contributed by atoms with van der Waals surface area (Å²) in [4.78, 5) is 15.0. The number of anilines is 1. The van der Waals surface area contributed by atoms with E-state index < -0.39 is 0 Å². The Labute approximate surface area is 126 Å². The third kappa shape index (κ3) is 2.64. The Morgan fingerprint density at radius 3 is 2.81 bits per heavy atom. The normalized spacial score (nSPS) is 25.5. The van der Waals surface area contributed by atoms with Gasteiger partial charge in [-0.15, -0.1) is 0 Å². The molecule has 0 radical (unpaired) electrons. The van der Waals surface area contributed by atoms with Crippen molar-refractivity contribution in [2.45, 2.75) is 51.7 Å². The molecule has 114 valence electrons. The molecule has 1 amide bonds. The van der Waals surface area contributed by atoms with Gasteiger partial charge in [-0.2, -0.15) is 0 Å². The molecular formula is C17H24N2O2. The highest BCUT2D eigenvalue weighted by Crippen LogP contribution is 2.30. The maximum Gasteiger partial charge on any atom is 0.254 e. The van der Waals surface area contributed by atoms with E-state index in [1.165, 1.54) is 12.8 Å². The number of nitrogens with zero attached hydrogens (tertiary/aromatic N) is 1. The number of carbonyl (C=O) groups is 1. The Morgan fingerprint density at radius 1 is 1.24 bits per heavy atom. The third-order valence-electron chi connectivity index (χ3n) is 4.84. The lowest BCUT2D eigenvalue weighted by Crippen LogP contribution is -2.54. The summed E-state index contributed by atoms with van der Waals surface area (Å²) in [5, 5.41) is 0. The van der Waals surface area contributed by atoms with E-state index >= 15 is 0 Å². The summed E-state index contributed by atoms with van der Waals surface area (Å²) in [7, 11) is 0. The minimum absolute atomic E-state index is 0.111. The number of rotatable bonds is 1. The van der Waals surface area contributed by atoms with Gasteiger partial charge in [0.15, 0.2) is 0 Å². The van der Waals surface area contributed by atoms with Crippen LogP contribution in [0.15, 0.2) is 12.1 Å². The molecule has 4 heteroatoms. The zero-order chi connectivity index (χ0) is 15.0. The number of hydrogen-bond donors (Lipinski definition) is 1. The van der Waals surface area contributed by atoms with Gasteiger partial charge in [0.2, 0.25) is 0 Å². The summed E-state index contributed by atoms with van der Waals surface area (Å²) in [5.41, 5.74) is 9.46. The maximum atomic E-state index is 13.0. The number of morpholine rings is 1. The van der Waals surface area contributed by atoms with Gasteiger partial charge in [-0.25, -0.2) is 0 Å². The van der Waals surface area contributed by atoms with Crippen LogP contribution >= 0.6 is 0 Å². The Hall–Kier alpha value is -1.55. The number of aryl methyl sites for hydroxylation is 2. The molecule has 2 atom stereocenters. The lowest BCUT2D eigenvalue weighted by Gasteiger charge is -2.44. The SMILES string of the molecule is Cc1cc(C)c(C(=O)N2CCOC3CCCCC32)cc1N. The van der Waals surface area contributed by atoms with E-state index in [0.29, 0.717) is 18.8 Å². The van der Waals surface area contributed by atoms with Crippen molar-refractivity contribution in [3.8, 4) is 0 Å². The van der Waals surface area contributed by atoms with E-state index in [4.69, 9.17) is 10.5 Å². The Morgan fingerprint density at radius 2 is 2.00 bits per heavy atom. The van der Waals surface area contributed by atoms with Gasteiger partial charge in [-0.05, 0) is 43.9 Å². The van der Waals surface area contributed by atoms with E-state index in [-0.39, 0.29) is 18.1 Å². The van der Waals surface area contributed by atoms with E-state index in [1.807, 2.05) is 30.9 Å². The second-order valence-electron chi connectivity index (χ2n) is 6.28. The van der Waals surface area contributed by atoms with Gasteiger partial charge in [0.05, 0.1) is 18.8 Å². The third-order valence-corrected chi connectivity index (χ3v) is 4.84. The number of benzene rings is 1. The van der Waals surface area contributed by atoms with Gasteiger partial charge in [0, 0.05) is 17.8 Å². The van der Waals surface area contributed by atoms with Crippen molar-refractivity contribution in [3.63, 3.8) is 0 Å². The smallest absolute Gasteiger partial charge is 0.254 e. The van der Waals surface area contributed by atoms with Crippen molar-refractivity contribution in [2.75, 3.05) is 18.9 Å². The van der Waals surface area contributed by atoms with Gasteiger partial charge in [0.25, 0.3) is 5.91 Å². The van der Waals surface area contributed by atoms with E-state index in [2.05, 4.69) is 0 Å². The summed E-state index contributed by atoms with van der Waals surface area (Å²) in [5.74, 6) is 0.111. The molecule has 0 aromatic heterocycles. The van der Waals surface area contributed by atoms with Gasteiger partial charge < -0.3 is 15.4 Å². The molecule has 1 saturated carbocycles. The number of ether oxygens (including phenoxy) is 1. The van der Waals surface area contributed by atoms with Gasteiger partial charge in [-0.3, -0.25) is 4.79 Å². The van der Waals surface area contributed by atoms with E-state index in [0.717, 1.165) is 29.5 Å². The highest BCUT2D eigenvalue weighted by Gasteiger charge is 2.37. The fraction of sp³-hybridized carbons (Fsp3) is 0.588. The number of carbonyl (C=O) groups excluding carboxylic acids is 1. The molecule has 1 saturated heterocycles. The van der Waals surface area contributed by atoms with Crippen LogP contribution in [0, 0.1) is 13.8 Å². The number of nitrogens with two attached hydrogens (primary N) is 1. The minimum atomic E-state index is 0.111. The predicted molar refractivity (Wildman–Crippen MR) is 83.4 cm³/mol. The van der Waals surface area contributed by atoms with Crippen molar-refractivity contribution < 1.29 is 9.53 Å². The van der Waals surface area contributed by atoms with E-state index in [1.54, 1.807) is 0 Å². The van der Waals surface area contributed by atoms with Crippen LogP contribution in [0.3, 0.4) is 0 Å². The highest BCUT2D eigenvalue weighted by molar-refractivity contribution is 5.97. The molecule has 0 bridgehead atoms. The summed E-state index contributed by atoms with van der Waals surface area (Å²) >= 11 is 0. The molecule has 2 aliphatic rings. The zero-order valence-electron chi connectivity index (χ0n) is 12.9. The molecule has 2 N–H and O–H groups in total. The molecule has 3 rings (SSSR count). The Bertz CT molecular complexity index is 554. The number of fused-ring (bicyclic) bond motifs is 1. The van der Waals surface area contributed by atoms with Crippen LogP contribution in [-0.2, 0) is 4.74 Å². The Kier molecular flexibility index (Phi) is 3.89. The van der Waals surface area contributed by atoms with Crippen LogP contribution in [0.4, 0.5) is 5.69 Å². The summed E-state index contributed by atoms with van der Waals surface area (Å²) in [6, 6.07) is 4.07. The van der Waals surface area contributed by atoms with Crippen LogP contribution in [0.2, 0.25) is 0 Å². The van der Waals surface area contributed by atoms with Crippen LogP contribution in [0.1, 0.15) is 47.2 Å². The summed E-state index contributed by atoms with van der Waals surface area (Å²) in [6.07, 6.45) is 4.74. The zero-order valence-corrected chi connectivity index (χ0v) is 12.9. The first-order valence-corrected chi connectivity index (χ1v) is 7.87. The minimum Gasteiger partial charge on any atom is -0.398 e. The fourth-order valence-electron chi connectivity index (χ4n) is 3.60. The second-order valence-corrected chi connectivity index (χ2v) is 6.28. The number of nitrogen functional groups attached to an aromatic ring is 1. The van der Waals surface area contributed by atoms with Crippen molar-refractivity contribution >= 4 is 11.6 Å². The Balaban J connectivity index is 1.88. The molecule has 2 fully saturated rings. The number of amides is 1. The van der Waals surface area contributed by atoms with Crippen molar-refractivity contribution in [3.05, 3.63) is 28.8 Å². The molecule has 1 aromatic rings. The highest BCUT2D eigenvalue weighted by atomic mass is 16.5. The van der Waals surface area contributed by atoms with Crippen LogP contribution in [-0.4, -0.2) is 36.1 Å². The molecule has 4 nitrogen and oxygen atoms in total. The molecule has 0 spiro atoms.